The fraction of sp³-hybridized carbons (Fsp3) is 0.308. The van der Waals surface area contributed by atoms with Gasteiger partial charge in [0.2, 0.25) is 0 Å². The average molecular weight is 457 g/mol. The second-order valence-electron chi connectivity index (χ2n) is 8.60. The van der Waals surface area contributed by atoms with Crippen LogP contribution in [0.25, 0.3) is 21.8 Å². The van der Waals surface area contributed by atoms with Crippen LogP contribution in [0.4, 0.5) is 11.4 Å². The monoisotopic (exact) mass is 456 g/mol. The molecule has 2 aliphatic rings. The van der Waals surface area contributed by atoms with Crippen LogP contribution in [0.15, 0.2) is 70.7 Å². The fourth-order valence-electron chi connectivity index (χ4n) is 4.76. The summed E-state index contributed by atoms with van der Waals surface area (Å²) in [6.07, 6.45) is 3.86. The van der Waals surface area contributed by atoms with Gasteiger partial charge >= 0.3 is 0 Å². The summed E-state index contributed by atoms with van der Waals surface area (Å²) in [6.45, 7) is 8.30. The summed E-state index contributed by atoms with van der Waals surface area (Å²) in [5, 5.41) is 9.24. The Bertz CT molecular complexity index is 1180. The minimum Gasteiger partial charge on any atom is -0.369 e. The molecule has 168 valence electrons. The third-order valence-corrected chi connectivity index (χ3v) is 7.71. The Morgan fingerprint density at radius 1 is 0.606 bits per heavy atom. The minimum atomic E-state index is 1.03. The van der Waals surface area contributed by atoms with Crippen molar-refractivity contribution in [2.75, 3.05) is 62.2 Å². The van der Waals surface area contributed by atoms with E-state index in [9.17, 15) is 0 Å². The molecule has 0 amide bonds. The fourth-order valence-corrected chi connectivity index (χ4v) is 5.82. The number of piperazine rings is 2. The zero-order valence-electron chi connectivity index (χ0n) is 18.6. The average Bonchev–Trinajstić information content (AvgIpc) is 2.89. The Morgan fingerprint density at radius 2 is 1.06 bits per heavy atom. The van der Waals surface area contributed by atoms with E-state index in [0.717, 1.165) is 63.4 Å². The van der Waals surface area contributed by atoms with E-state index >= 15 is 0 Å². The van der Waals surface area contributed by atoms with Crippen LogP contribution < -0.4 is 20.4 Å². The highest BCUT2D eigenvalue weighted by Crippen LogP contribution is 2.38. The van der Waals surface area contributed by atoms with Crippen molar-refractivity contribution in [1.82, 2.24) is 20.6 Å². The highest BCUT2D eigenvalue weighted by atomic mass is 32.2. The summed E-state index contributed by atoms with van der Waals surface area (Å²) < 4.78 is 0. The lowest BCUT2D eigenvalue weighted by Crippen LogP contribution is -2.43. The number of nitrogens with one attached hydrogen (secondary N) is 2. The summed E-state index contributed by atoms with van der Waals surface area (Å²) in [6, 6.07) is 17.7. The van der Waals surface area contributed by atoms with Crippen LogP contribution in [0.2, 0.25) is 0 Å². The maximum absolute atomic E-state index is 4.69. The van der Waals surface area contributed by atoms with Crippen LogP contribution in [-0.4, -0.2) is 62.3 Å². The summed E-state index contributed by atoms with van der Waals surface area (Å²) in [5.74, 6) is 0. The Labute approximate surface area is 198 Å². The minimum absolute atomic E-state index is 1.03. The van der Waals surface area contributed by atoms with Gasteiger partial charge in [0, 0.05) is 96.7 Å². The molecule has 4 aromatic rings. The molecule has 0 atom stereocenters. The first kappa shape index (κ1) is 20.7. The highest BCUT2D eigenvalue weighted by Gasteiger charge is 2.15. The lowest BCUT2D eigenvalue weighted by molar-refractivity contribution is 0.589. The first-order chi connectivity index (χ1) is 16.3. The summed E-state index contributed by atoms with van der Waals surface area (Å²) >= 11 is 1.80. The van der Waals surface area contributed by atoms with Crippen molar-refractivity contribution in [2.45, 2.75) is 9.79 Å². The highest BCUT2D eigenvalue weighted by molar-refractivity contribution is 7.99. The van der Waals surface area contributed by atoms with Gasteiger partial charge in [-0.2, -0.15) is 0 Å². The molecular weight excluding hydrogens is 428 g/mol. The molecule has 4 heterocycles. The number of hydrogen-bond acceptors (Lipinski definition) is 7. The predicted octanol–water partition coefficient (Wildman–Crippen LogP) is 3.75. The van der Waals surface area contributed by atoms with Gasteiger partial charge in [0.05, 0.1) is 11.0 Å². The Hall–Kier alpha value is -2.87. The molecule has 0 unspecified atom stereocenters. The molecule has 0 saturated carbocycles. The van der Waals surface area contributed by atoms with E-state index in [2.05, 4.69) is 78.9 Å². The van der Waals surface area contributed by atoms with Crippen LogP contribution >= 0.6 is 11.8 Å². The lowest BCUT2D eigenvalue weighted by Gasteiger charge is -2.29. The van der Waals surface area contributed by atoms with Crippen LogP contribution in [0.5, 0.6) is 0 Å². The third-order valence-electron chi connectivity index (χ3n) is 6.56. The van der Waals surface area contributed by atoms with Crippen molar-refractivity contribution >= 4 is 44.9 Å². The number of pyridine rings is 2. The van der Waals surface area contributed by atoms with Gasteiger partial charge in [-0.05, 0) is 48.5 Å². The SMILES string of the molecule is c1cc(Sc2ccnc3cc(N4CCNCC4)ccc23)c2ccc(N3CCNCC3)cc2n1. The quantitative estimate of drug-likeness (QED) is 0.485. The standard InChI is InChI=1S/C26H28N6S/c1-3-21-23(17-19(1)31-13-9-27-10-14-31)29-7-5-25(21)33-26-6-8-30-24-18-20(2-4-22(24)26)32-15-11-28-12-16-32/h1-8,17-18,27-28H,9-16H2. The van der Waals surface area contributed by atoms with E-state index in [1.54, 1.807) is 11.8 Å². The van der Waals surface area contributed by atoms with Crippen molar-refractivity contribution < 1.29 is 0 Å². The largest absolute Gasteiger partial charge is 0.369 e. The van der Waals surface area contributed by atoms with Gasteiger partial charge in [-0.3, -0.25) is 9.97 Å². The molecule has 7 heteroatoms. The lowest BCUT2D eigenvalue weighted by atomic mass is 10.1. The topological polar surface area (TPSA) is 56.3 Å². The molecule has 6 nitrogen and oxygen atoms in total. The molecule has 2 N–H and O–H groups in total. The first-order valence-electron chi connectivity index (χ1n) is 11.7. The second-order valence-corrected chi connectivity index (χ2v) is 9.68. The molecular formula is C26H28N6S. The zero-order valence-corrected chi connectivity index (χ0v) is 19.4. The number of fused-ring (bicyclic) bond motifs is 2. The maximum atomic E-state index is 4.69. The molecule has 2 saturated heterocycles. The van der Waals surface area contributed by atoms with Crippen molar-refractivity contribution in [3.63, 3.8) is 0 Å². The molecule has 33 heavy (non-hydrogen) atoms. The number of rotatable bonds is 4. The van der Waals surface area contributed by atoms with E-state index in [-0.39, 0.29) is 0 Å². The molecule has 0 aliphatic carbocycles. The van der Waals surface area contributed by atoms with E-state index < -0.39 is 0 Å². The van der Waals surface area contributed by atoms with E-state index in [4.69, 9.17) is 0 Å². The number of nitrogens with zero attached hydrogens (tertiary/aromatic N) is 4. The van der Waals surface area contributed by atoms with Crippen molar-refractivity contribution in [3.05, 3.63) is 60.9 Å². The smallest absolute Gasteiger partial charge is 0.0733 e. The second kappa shape index (κ2) is 9.17. The van der Waals surface area contributed by atoms with Crippen molar-refractivity contribution in [2.24, 2.45) is 0 Å². The number of hydrogen-bond donors (Lipinski definition) is 2. The molecule has 6 rings (SSSR count). The third kappa shape index (κ3) is 4.24. The van der Waals surface area contributed by atoms with Gasteiger partial charge in [-0.15, -0.1) is 0 Å². The van der Waals surface area contributed by atoms with Crippen molar-refractivity contribution in [1.29, 1.82) is 0 Å². The zero-order chi connectivity index (χ0) is 22.0. The Morgan fingerprint density at radius 3 is 1.52 bits per heavy atom. The number of anilines is 2. The summed E-state index contributed by atoms with van der Waals surface area (Å²) in [7, 11) is 0. The van der Waals surface area contributed by atoms with Gasteiger partial charge in [0.1, 0.15) is 0 Å². The van der Waals surface area contributed by atoms with Gasteiger partial charge in [-0.1, -0.05) is 11.8 Å². The molecule has 0 spiro atoms. The van der Waals surface area contributed by atoms with E-state index in [1.165, 1.54) is 31.9 Å². The normalized spacial score (nSPS) is 17.1. The molecule has 2 aliphatic heterocycles. The predicted molar refractivity (Wildman–Crippen MR) is 138 cm³/mol. The van der Waals surface area contributed by atoms with Gasteiger partial charge < -0.3 is 20.4 Å². The van der Waals surface area contributed by atoms with Crippen molar-refractivity contribution in [3.8, 4) is 0 Å². The molecule has 2 aromatic carbocycles. The van der Waals surface area contributed by atoms with E-state index in [1.807, 2.05) is 12.4 Å². The van der Waals surface area contributed by atoms with Gasteiger partial charge in [0.25, 0.3) is 0 Å². The summed E-state index contributed by atoms with van der Waals surface area (Å²) in [5.41, 5.74) is 4.62. The molecule has 0 radical (unpaired) electrons. The first-order valence-corrected chi connectivity index (χ1v) is 12.5. The van der Waals surface area contributed by atoms with Crippen LogP contribution in [0, 0.1) is 0 Å². The Kier molecular flexibility index (Phi) is 5.76. The van der Waals surface area contributed by atoms with Crippen LogP contribution in [0.3, 0.4) is 0 Å². The number of aromatic nitrogens is 2. The van der Waals surface area contributed by atoms with Gasteiger partial charge in [0.15, 0.2) is 0 Å². The molecule has 0 bridgehead atoms. The maximum Gasteiger partial charge on any atom is 0.0733 e. The summed E-state index contributed by atoms with van der Waals surface area (Å²) in [4.78, 5) is 16.7. The Balaban J connectivity index is 1.31. The van der Waals surface area contributed by atoms with Crippen LogP contribution in [0.1, 0.15) is 0 Å². The number of benzene rings is 2. The molecule has 2 aromatic heterocycles. The van der Waals surface area contributed by atoms with Crippen LogP contribution in [-0.2, 0) is 0 Å². The van der Waals surface area contributed by atoms with E-state index in [0.29, 0.717) is 0 Å². The molecule has 2 fully saturated rings. The van der Waals surface area contributed by atoms with Gasteiger partial charge in [-0.25, -0.2) is 0 Å².